The van der Waals surface area contributed by atoms with Gasteiger partial charge in [0.25, 0.3) is 5.91 Å². The highest BCUT2D eigenvalue weighted by Crippen LogP contribution is 2.31. The molecule has 0 bridgehead atoms. The summed E-state index contributed by atoms with van der Waals surface area (Å²) in [4.78, 5) is 12.3. The Morgan fingerprint density at radius 3 is 2.30 bits per heavy atom. The molecule has 2 aromatic rings. The maximum atomic E-state index is 12.3. The van der Waals surface area contributed by atoms with Gasteiger partial charge in [0.15, 0.2) is 6.61 Å². The van der Waals surface area contributed by atoms with Crippen LogP contribution in [0, 0.1) is 20.8 Å². The molecule has 0 fully saturated rings. The van der Waals surface area contributed by atoms with E-state index >= 15 is 0 Å². The van der Waals surface area contributed by atoms with E-state index in [0.717, 1.165) is 10.0 Å². The van der Waals surface area contributed by atoms with Crippen molar-refractivity contribution in [3.8, 4) is 5.75 Å². The molecule has 2 rings (SSSR count). The summed E-state index contributed by atoms with van der Waals surface area (Å²) in [6.07, 6.45) is 0. The molecule has 0 aliphatic rings. The van der Waals surface area contributed by atoms with Gasteiger partial charge in [-0.1, -0.05) is 39.0 Å². The molecule has 0 saturated heterocycles. The fourth-order valence-electron chi connectivity index (χ4n) is 3.04. The van der Waals surface area contributed by atoms with Crippen molar-refractivity contribution in [1.82, 2.24) is 5.32 Å². The predicted octanol–water partition coefficient (Wildman–Crippen LogP) is 5.93. The van der Waals surface area contributed by atoms with E-state index < -0.39 is 0 Å². The third-order valence-electron chi connectivity index (χ3n) is 4.88. The number of benzene rings is 2. The zero-order valence-electron chi connectivity index (χ0n) is 17.4. The molecule has 1 N–H and O–H groups in total. The van der Waals surface area contributed by atoms with Gasteiger partial charge in [-0.05, 0) is 89.0 Å². The monoisotopic (exact) mass is 431 g/mol. The summed E-state index contributed by atoms with van der Waals surface area (Å²) in [6.45, 7) is 14.8. The van der Waals surface area contributed by atoms with Crippen molar-refractivity contribution in [2.45, 2.75) is 59.9 Å². The fourth-order valence-corrected chi connectivity index (χ4v) is 3.53. The normalized spacial score (nSPS) is 12.6. The van der Waals surface area contributed by atoms with Crippen LogP contribution in [0.5, 0.6) is 5.75 Å². The van der Waals surface area contributed by atoms with Gasteiger partial charge < -0.3 is 10.1 Å². The number of ether oxygens (including phenoxy) is 1. The lowest BCUT2D eigenvalue weighted by Crippen LogP contribution is -2.31. The molecule has 2 aromatic carbocycles. The molecule has 0 saturated carbocycles. The Hall–Kier alpha value is -1.81. The van der Waals surface area contributed by atoms with Gasteiger partial charge in [-0.25, -0.2) is 0 Å². The van der Waals surface area contributed by atoms with E-state index in [9.17, 15) is 4.79 Å². The number of carbonyl (C=O) groups is 1. The second kappa shape index (κ2) is 8.47. The van der Waals surface area contributed by atoms with E-state index in [-0.39, 0.29) is 24.0 Å². The lowest BCUT2D eigenvalue weighted by molar-refractivity contribution is -0.123. The summed E-state index contributed by atoms with van der Waals surface area (Å²) < 4.78 is 6.58. The van der Waals surface area contributed by atoms with Gasteiger partial charge >= 0.3 is 0 Å². The first-order valence-electron chi connectivity index (χ1n) is 9.29. The lowest BCUT2D eigenvalue weighted by atomic mass is 9.87. The topological polar surface area (TPSA) is 38.3 Å². The Morgan fingerprint density at radius 1 is 1.07 bits per heavy atom. The zero-order chi connectivity index (χ0) is 20.4. The Bertz CT molecular complexity index is 837. The largest absolute Gasteiger partial charge is 0.483 e. The highest BCUT2D eigenvalue weighted by atomic mass is 79.9. The van der Waals surface area contributed by atoms with Gasteiger partial charge in [0, 0.05) is 0 Å². The van der Waals surface area contributed by atoms with Crippen LogP contribution in [0.25, 0.3) is 0 Å². The van der Waals surface area contributed by atoms with Gasteiger partial charge in [0.2, 0.25) is 0 Å². The van der Waals surface area contributed by atoms with Crippen LogP contribution in [0.1, 0.15) is 61.6 Å². The smallest absolute Gasteiger partial charge is 0.258 e. The second-order valence-electron chi connectivity index (χ2n) is 8.27. The lowest BCUT2D eigenvalue weighted by Gasteiger charge is -2.21. The number of rotatable bonds is 5. The number of halogens is 1. The molecule has 0 aromatic heterocycles. The maximum absolute atomic E-state index is 12.3. The Labute approximate surface area is 171 Å². The Kier molecular flexibility index (Phi) is 6.74. The Morgan fingerprint density at radius 2 is 1.70 bits per heavy atom. The molecule has 0 aliphatic heterocycles. The molecule has 1 amide bonds. The summed E-state index contributed by atoms with van der Waals surface area (Å²) in [7, 11) is 0. The minimum absolute atomic E-state index is 0.0122. The van der Waals surface area contributed by atoms with E-state index in [0.29, 0.717) is 5.75 Å². The van der Waals surface area contributed by atoms with Crippen LogP contribution < -0.4 is 10.1 Å². The summed E-state index contributed by atoms with van der Waals surface area (Å²) in [5.41, 5.74) is 6.11. The average molecular weight is 432 g/mol. The Balaban J connectivity index is 1.99. The van der Waals surface area contributed by atoms with Gasteiger partial charge in [-0.3, -0.25) is 4.79 Å². The van der Waals surface area contributed by atoms with Crippen molar-refractivity contribution in [2.75, 3.05) is 6.61 Å². The van der Waals surface area contributed by atoms with E-state index in [2.05, 4.69) is 74.9 Å². The molecule has 1 atom stereocenters. The van der Waals surface area contributed by atoms with Crippen LogP contribution in [-0.4, -0.2) is 12.5 Å². The predicted molar refractivity (Wildman–Crippen MR) is 116 cm³/mol. The number of nitrogens with one attached hydrogen (secondary N) is 1. The first kappa shape index (κ1) is 21.5. The first-order chi connectivity index (χ1) is 12.5. The maximum Gasteiger partial charge on any atom is 0.258 e. The third-order valence-corrected chi connectivity index (χ3v) is 5.50. The quantitative estimate of drug-likeness (QED) is 0.636. The van der Waals surface area contributed by atoms with E-state index in [1.165, 1.54) is 22.3 Å². The molecular formula is C23H30BrNO2. The van der Waals surface area contributed by atoms with Crippen molar-refractivity contribution in [3.05, 3.63) is 62.6 Å². The van der Waals surface area contributed by atoms with Crippen molar-refractivity contribution >= 4 is 21.8 Å². The van der Waals surface area contributed by atoms with Crippen molar-refractivity contribution in [1.29, 1.82) is 0 Å². The van der Waals surface area contributed by atoms with E-state index in [4.69, 9.17) is 4.74 Å². The van der Waals surface area contributed by atoms with Crippen molar-refractivity contribution in [3.63, 3.8) is 0 Å². The van der Waals surface area contributed by atoms with Crippen LogP contribution in [0.4, 0.5) is 0 Å². The third kappa shape index (κ3) is 5.58. The number of carbonyl (C=O) groups excluding carboxylic acids is 1. The van der Waals surface area contributed by atoms with Crippen molar-refractivity contribution in [2.24, 2.45) is 0 Å². The molecule has 0 heterocycles. The van der Waals surface area contributed by atoms with Crippen LogP contribution in [0.15, 0.2) is 34.8 Å². The minimum Gasteiger partial charge on any atom is -0.483 e. The average Bonchev–Trinajstić information content (AvgIpc) is 2.56. The molecule has 0 unspecified atom stereocenters. The highest BCUT2D eigenvalue weighted by Gasteiger charge is 2.17. The highest BCUT2D eigenvalue weighted by molar-refractivity contribution is 9.10. The molecule has 146 valence electrons. The number of amides is 1. The minimum atomic E-state index is -0.132. The van der Waals surface area contributed by atoms with Crippen LogP contribution in [0.3, 0.4) is 0 Å². The zero-order valence-corrected chi connectivity index (χ0v) is 19.0. The SMILES string of the molecule is Cc1cc(C)c([C@@H](C)NC(=O)COc2ccc(C(C)(C)C)cc2Br)cc1C. The molecule has 0 radical (unpaired) electrons. The molecule has 27 heavy (non-hydrogen) atoms. The molecule has 0 aliphatic carbocycles. The van der Waals surface area contributed by atoms with Crippen molar-refractivity contribution < 1.29 is 9.53 Å². The van der Waals surface area contributed by atoms with E-state index in [1.54, 1.807) is 0 Å². The summed E-state index contributed by atoms with van der Waals surface area (Å²) in [5, 5.41) is 3.03. The molecular weight excluding hydrogens is 402 g/mol. The molecule has 3 nitrogen and oxygen atoms in total. The number of aryl methyl sites for hydroxylation is 3. The van der Waals surface area contributed by atoms with Crippen LogP contribution >= 0.6 is 15.9 Å². The van der Waals surface area contributed by atoms with Crippen LogP contribution in [0.2, 0.25) is 0 Å². The van der Waals surface area contributed by atoms with Gasteiger partial charge in [-0.2, -0.15) is 0 Å². The number of hydrogen-bond donors (Lipinski definition) is 1. The summed E-state index contributed by atoms with van der Waals surface area (Å²) >= 11 is 3.54. The van der Waals surface area contributed by atoms with Gasteiger partial charge in [0.1, 0.15) is 5.75 Å². The van der Waals surface area contributed by atoms with Gasteiger partial charge in [-0.15, -0.1) is 0 Å². The first-order valence-corrected chi connectivity index (χ1v) is 10.1. The van der Waals surface area contributed by atoms with Gasteiger partial charge in [0.05, 0.1) is 10.5 Å². The molecule has 4 heteroatoms. The summed E-state index contributed by atoms with van der Waals surface area (Å²) in [5.74, 6) is 0.542. The van der Waals surface area contributed by atoms with E-state index in [1.807, 2.05) is 25.1 Å². The second-order valence-corrected chi connectivity index (χ2v) is 9.12. The number of hydrogen-bond acceptors (Lipinski definition) is 2. The molecule has 0 spiro atoms. The fraction of sp³-hybridized carbons (Fsp3) is 0.435. The van der Waals surface area contributed by atoms with Crippen LogP contribution in [-0.2, 0) is 10.2 Å². The standard InChI is InChI=1S/C23H30BrNO2/c1-14-10-16(3)19(11-15(14)2)17(4)25-22(26)13-27-21-9-8-18(12-20(21)24)23(5,6)7/h8-12,17H,13H2,1-7H3,(H,25,26)/t17-/m1/s1. The summed E-state index contributed by atoms with van der Waals surface area (Å²) in [6, 6.07) is 10.3.